The van der Waals surface area contributed by atoms with Gasteiger partial charge in [-0.25, -0.2) is 0 Å². The Morgan fingerprint density at radius 2 is 1.74 bits per heavy atom. The number of aromatic nitrogens is 1. The number of rotatable bonds is 3. The molecule has 1 N–H and O–H groups in total. The number of alkyl halides is 4. The molecular weight excluding hydrogens is 359 g/mol. The number of halogens is 4. The second kappa shape index (κ2) is 6.42. The molecular formula is C11H6Cl4KNO2. The van der Waals surface area contributed by atoms with E-state index in [2.05, 4.69) is 4.98 Å². The molecule has 19 heavy (non-hydrogen) atoms. The summed E-state index contributed by atoms with van der Waals surface area (Å²) >= 11 is 23.2. The topological polar surface area (TPSA) is 55.9 Å². The second-order valence-corrected chi connectivity index (χ2v) is 6.36. The molecule has 1 aromatic heterocycles. The van der Waals surface area contributed by atoms with Gasteiger partial charge in [-0.1, -0.05) is 64.6 Å². The number of para-hydroxylation sites is 1. The van der Waals surface area contributed by atoms with Crippen LogP contribution in [-0.4, -0.2) is 15.3 Å². The summed E-state index contributed by atoms with van der Waals surface area (Å²) in [5.41, 5.74) is 0.918. The zero-order valence-corrected chi connectivity index (χ0v) is 15.9. The van der Waals surface area contributed by atoms with Gasteiger partial charge in [-0.05, 0) is 17.5 Å². The van der Waals surface area contributed by atoms with Crippen molar-refractivity contribution in [1.82, 2.24) is 4.98 Å². The van der Waals surface area contributed by atoms with Crippen LogP contribution < -0.4 is 56.5 Å². The van der Waals surface area contributed by atoms with E-state index in [4.69, 9.17) is 46.4 Å². The van der Waals surface area contributed by atoms with Crippen molar-refractivity contribution in [2.24, 2.45) is 0 Å². The van der Waals surface area contributed by atoms with E-state index >= 15 is 0 Å². The van der Waals surface area contributed by atoms with Crippen LogP contribution in [0.1, 0.15) is 5.69 Å². The number of carboxylic acid groups (broad SMARTS) is 1. The van der Waals surface area contributed by atoms with E-state index in [9.17, 15) is 9.90 Å². The predicted octanol–water partition coefficient (Wildman–Crippen LogP) is -0.274. The van der Waals surface area contributed by atoms with Crippen LogP contribution in [-0.2, 0) is 9.13 Å². The van der Waals surface area contributed by atoms with Crippen LogP contribution in [0.3, 0.4) is 0 Å². The van der Waals surface area contributed by atoms with E-state index in [1.54, 1.807) is 18.2 Å². The van der Waals surface area contributed by atoms with Crippen molar-refractivity contribution in [3.8, 4) is 0 Å². The van der Waals surface area contributed by atoms with Gasteiger partial charge in [0, 0.05) is 5.52 Å². The maximum absolute atomic E-state index is 10.9. The molecule has 3 nitrogen and oxygen atoms in total. The van der Waals surface area contributed by atoms with Crippen molar-refractivity contribution < 1.29 is 61.3 Å². The third-order valence-electron chi connectivity index (χ3n) is 2.52. The Balaban J connectivity index is 0.00000180. The largest absolute Gasteiger partial charge is 1.00 e. The smallest absolute Gasteiger partial charge is 0.547 e. The van der Waals surface area contributed by atoms with Crippen LogP contribution in [0.15, 0.2) is 30.3 Å². The fourth-order valence-corrected chi connectivity index (χ4v) is 2.10. The van der Waals surface area contributed by atoms with Crippen LogP contribution in [0.4, 0.5) is 0 Å². The Bertz CT molecular complexity index is 579. The molecule has 2 aromatic rings. The molecule has 96 valence electrons. The Labute approximate surface area is 172 Å². The zero-order valence-electron chi connectivity index (χ0n) is 9.72. The molecule has 0 unspecified atom stereocenters. The van der Waals surface area contributed by atoms with Gasteiger partial charge in [0.25, 0.3) is 0 Å². The number of aliphatic carboxylic acids is 1. The van der Waals surface area contributed by atoms with E-state index in [0.717, 1.165) is 10.9 Å². The van der Waals surface area contributed by atoms with Gasteiger partial charge in [0.15, 0.2) is 8.67 Å². The molecule has 0 aliphatic carbocycles. The third-order valence-corrected chi connectivity index (χ3v) is 4.76. The van der Waals surface area contributed by atoms with Crippen LogP contribution in [0.5, 0.6) is 0 Å². The molecule has 0 aliphatic rings. The molecule has 0 amide bonds. The van der Waals surface area contributed by atoms with Crippen LogP contribution in [0.2, 0.25) is 0 Å². The maximum atomic E-state index is 10.9. The second-order valence-electron chi connectivity index (χ2n) is 3.71. The number of carboxylic acids is 1. The summed E-state index contributed by atoms with van der Waals surface area (Å²) in [7, 11) is 0. The zero-order chi connectivity index (χ0) is 13.6. The molecule has 8 heteroatoms. The number of carbonyl (C=O) groups excluding carboxylic acids is 1. The van der Waals surface area contributed by atoms with E-state index < -0.39 is 14.6 Å². The summed E-state index contributed by atoms with van der Waals surface area (Å²) in [6, 6.07) is 8.80. The minimum atomic E-state index is -2.48. The molecule has 1 aromatic carbocycles. The molecule has 2 rings (SSSR count). The monoisotopic (exact) mass is 363 g/mol. The van der Waals surface area contributed by atoms with Gasteiger partial charge in [0.2, 0.25) is 0 Å². The molecule has 0 radical (unpaired) electrons. The number of aromatic amines is 1. The van der Waals surface area contributed by atoms with Gasteiger partial charge in [-0.3, -0.25) is 0 Å². The van der Waals surface area contributed by atoms with E-state index in [1.165, 1.54) is 0 Å². The molecule has 0 bridgehead atoms. The van der Waals surface area contributed by atoms with Gasteiger partial charge in [0.1, 0.15) is 0 Å². The van der Waals surface area contributed by atoms with E-state index in [-0.39, 0.29) is 57.1 Å². The van der Waals surface area contributed by atoms with E-state index in [0.29, 0.717) is 0 Å². The third kappa shape index (κ3) is 3.28. The van der Waals surface area contributed by atoms with Gasteiger partial charge in [-0.15, -0.1) is 0 Å². The number of carbonyl (C=O) groups is 1. The first-order chi connectivity index (χ1) is 8.26. The first-order valence-corrected chi connectivity index (χ1v) is 6.33. The molecule has 0 saturated heterocycles. The minimum Gasteiger partial charge on any atom is -0.547 e. The van der Waals surface area contributed by atoms with Gasteiger partial charge in [-0.2, -0.15) is 0 Å². The summed E-state index contributed by atoms with van der Waals surface area (Å²) in [6.45, 7) is 0. The molecule has 0 atom stereocenters. The van der Waals surface area contributed by atoms with Crippen LogP contribution in [0.25, 0.3) is 10.9 Å². The normalized spacial score (nSPS) is 12.2. The molecule has 0 fully saturated rings. The number of hydrogen-bond acceptors (Lipinski definition) is 2. The first-order valence-electron chi connectivity index (χ1n) is 4.82. The summed E-state index contributed by atoms with van der Waals surface area (Å²) < 4.78 is -4.54. The first kappa shape index (κ1) is 18.1. The van der Waals surface area contributed by atoms with Gasteiger partial charge in [0.05, 0.1) is 11.7 Å². The minimum absolute atomic E-state index is 0. The Morgan fingerprint density at radius 3 is 2.26 bits per heavy atom. The van der Waals surface area contributed by atoms with Crippen molar-refractivity contribution in [1.29, 1.82) is 0 Å². The molecule has 0 aliphatic heterocycles. The summed E-state index contributed by atoms with van der Waals surface area (Å²) in [6.07, 6.45) is 0. The van der Waals surface area contributed by atoms with Crippen molar-refractivity contribution in [3.05, 3.63) is 36.0 Å². The number of nitrogens with one attached hydrogen (secondary N) is 1. The Kier molecular flexibility index (Phi) is 6.11. The van der Waals surface area contributed by atoms with Crippen molar-refractivity contribution >= 4 is 63.3 Å². The fourth-order valence-electron chi connectivity index (χ4n) is 1.54. The molecule has 0 spiro atoms. The number of benzene rings is 1. The summed E-state index contributed by atoms with van der Waals surface area (Å²) in [5.74, 6) is -1.77. The average Bonchev–Trinajstić information content (AvgIpc) is 2.72. The Morgan fingerprint density at radius 1 is 1.16 bits per heavy atom. The summed E-state index contributed by atoms with van der Waals surface area (Å²) in [4.78, 5) is 13.8. The number of hydrogen-bond donors (Lipinski definition) is 1. The Hall–Kier alpha value is 1.03. The van der Waals surface area contributed by atoms with Crippen LogP contribution in [0, 0.1) is 0 Å². The van der Waals surface area contributed by atoms with E-state index in [1.807, 2.05) is 12.1 Å². The van der Waals surface area contributed by atoms with Crippen molar-refractivity contribution in [3.63, 3.8) is 0 Å². The van der Waals surface area contributed by atoms with Crippen molar-refractivity contribution in [2.45, 2.75) is 8.67 Å². The van der Waals surface area contributed by atoms with Gasteiger partial charge < -0.3 is 14.9 Å². The number of H-pyrrole nitrogens is 1. The number of fused-ring (bicyclic) bond motifs is 1. The average molecular weight is 365 g/mol. The summed E-state index contributed by atoms with van der Waals surface area (Å²) in [5, 5.41) is 11.7. The maximum Gasteiger partial charge on any atom is 1.00 e. The SMILES string of the molecule is O=C([O-])C(Cl)(Cl)C(Cl)(Cl)c1cc2ccccc2[nH]1.[K+]. The van der Waals surface area contributed by atoms with Crippen LogP contribution >= 0.6 is 46.4 Å². The standard InChI is InChI=1S/C11H7Cl4NO2.K/c12-10(13,11(14,15)9(17)18)8-5-6-3-1-2-4-7(6)16-8;/h1-5,16H,(H,17,18);/q;+1/p-1. The molecule has 0 saturated carbocycles. The van der Waals surface area contributed by atoms with Gasteiger partial charge >= 0.3 is 51.4 Å². The molecule has 1 heterocycles. The fraction of sp³-hybridized carbons (Fsp3) is 0.182. The van der Waals surface area contributed by atoms with Crippen molar-refractivity contribution in [2.75, 3.05) is 0 Å². The quantitative estimate of drug-likeness (QED) is 0.602. The predicted molar refractivity (Wildman–Crippen MR) is 71.1 cm³/mol.